The zero-order chi connectivity index (χ0) is 20.4. The number of furan rings is 1. The summed E-state index contributed by atoms with van der Waals surface area (Å²) in [5.41, 5.74) is 1.01. The molecule has 1 atom stereocenters. The molecular weight excluding hydrogens is 382 g/mol. The largest absolute Gasteiger partial charge is 0.507 e. The highest BCUT2D eigenvalue weighted by atomic mass is 35.5. The van der Waals surface area contributed by atoms with E-state index in [9.17, 15) is 14.7 Å². The van der Waals surface area contributed by atoms with Crippen molar-refractivity contribution in [3.8, 4) is 5.75 Å². The molecule has 0 aliphatic carbocycles. The first-order chi connectivity index (χ1) is 13.4. The lowest BCUT2D eigenvalue weighted by molar-refractivity contribution is -0.140. The molecule has 3 rings (SSSR count). The van der Waals surface area contributed by atoms with Gasteiger partial charge in [-0.2, -0.15) is 0 Å². The van der Waals surface area contributed by atoms with Gasteiger partial charge >= 0.3 is 0 Å². The van der Waals surface area contributed by atoms with E-state index >= 15 is 0 Å². The summed E-state index contributed by atoms with van der Waals surface area (Å²) in [6.07, 6.45) is 3.05. The molecule has 0 spiro atoms. The number of nitrogens with zero attached hydrogens (tertiary/aromatic N) is 1. The van der Waals surface area contributed by atoms with Gasteiger partial charge in [0.25, 0.3) is 11.7 Å². The molecule has 1 N–H and O–H groups in total. The number of Topliss-reactive ketones (excluding diaryl/α,β-unsaturated/α-hetero) is 1. The molecule has 148 valence electrons. The van der Waals surface area contributed by atoms with Crippen LogP contribution in [0.5, 0.6) is 5.75 Å². The standard InChI is InChI=1S/C21H22ClNO5/c1-4-5-8-23-17(15-7-6-9-28-15)16(19(25)21(23)26)18(24)13-10-12(2)11-14(22)20(13)27-3/h6-7,9-11,17,24H,4-5,8H2,1-3H3/b18-16-. The Bertz CT molecular complexity index is 933. The average molecular weight is 404 g/mol. The van der Waals surface area contributed by atoms with Crippen LogP contribution in [0.4, 0.5) is 0 Å². The van der Waals surface area contributed by atoms with Gasteiger partial charge < -0.3 is 19.2 Å². The number of amides is 1. The third-order valence-corrected chi connectivity index (χ3v) is 5.03. The zero-order valence-electron chi connectivity index (χ0n) is 16.0. The molecule has 7 heteroatoms. The van der Waals surface area contributed by atoms with Gasteiger partial charge in [-0.15, -0.1) is 0 Å². The molecule has 2 aromatic rings. The molecule has 0 radical (unpaired) electrons. The van der Waals surface area contributed by atoms with Crippen LogP contribution in [0.3, 0.4) is 0 Å². The molecule has 2 heterocycles. The Hall–Kier alpha value is -2.73. The molecule has 1 aromatic heterocycles. The number of ketones is 1. The van der Waals surface area contributed by atoms with Gasteiger partial charge in [-0.3, -0.25) is 9.59 Å². The van der Waals surface area contributed by atoms with Crippen molar-refractivity contribution in [3.63, 3.8) is 0 Å². The summed E-state index contributed by atoms with van der Waals surface area (Å²) in [5, 5.41) is 11.4. The van der Waals surface area contributed by atoms with Crippen LogP contribution in [0.15, 0.2) is 40.5 Å². The maximum Gasteiger partial charge on any atom is 0.295 e. The average Bonchev–Trinajstić information content (AvgIpc) is 3.27. The summed E-state index contributed by atoms with van der Waals surface area (Å²) in [4.78, 5) is 27.0. The van der Waals surface area contributed by atoms with Crippen LogP contribution < -0.4 is 4.74 Å². The lowest BCUT2D eigenvalue weighted by Crippen LogP contribution is -2.30. The molecule has 1 aromatic carbocycles. The molecule has 0 saturated carbocycles. The molecule has 1 saturated heterocycles. The highest BCUT2D eigenvalue weighted by Crippen LogP contribution is 2.42. The van der Waals surface area contributed by atoms with E-state index in [1.54, 1.807) is 24.3 Å². The summed E-state index contributed by atoms with van der Waals surface area (Å²) >= 11 is 6.24. The predicted molar refractivity (Wildman–Crippen MR) is 105 cm³/mol. The Balaban J connectivity index is 2.22. The Morgan fingerprint density at radius 2 is 2.11 bits per heavy atom. The SMILES string of the molecule is CCCCN1C(=O)C(=O)/C(=C(\O)c2cc(C)cc(Cl)c2OC)C1c1ccco1. The second-order valence-electron chi connectivity index (χ2n) is 6.69. The molecule has 1 aliphatic rings. The second-order valence-corrected chi connectivity index (χ2v) is 7.10. The van der Waals surface area contributed by atoms with Crippen molar-refractivity contribution in [1.82, 2.24) is 4.90 Å². The first-order valence-electron chi connectivity index (χ1n) is 9.07. The lowest BCUT2D eigenvalue weighted by Gasteiger charge is -2.23. The first kappa shape index (κ1) is 20.0. The maximum absolute atomic E-state index is 12.8. The molecule has 28 heavy (non-hydrogen) atoms. The molecule has 1 amide bonds. The number of halogens is 1. The van der Waals surface area contributed by atoms with E-state index in [-0.39, 0.29) is 22.6 Å². The van der Waals surface area contributed by atoms with E-state index in [2.05, 4.69) is 0 Å². The quantitative estimate of drug-likeness (QED) is 0.437. The number of aliphatic hydroxyl groups excluding tert-OH is 1. The van der Waals surface area contributed by atoms with Crippen molar-refractivity contribution in [2.75, 3.05) is 13.7 Å². The number of carbonyl (C=O) groups is 2. The van der Waals surface area contributed by atoms with Crippen LogP contribution in [0.25, 0.3) is 5.76 Å². The van der Waals surface area contributed by atoms with Crippen molar-refractivity contribution in [2.24, 2.45) is 0 Å². The lowest BCUT2D eigenvalue weighted by atomic mass is 9.97. The van der Waals surface area contributed by atoms with E-state index in [1.807, 2.05) is 13.8 Å². The number of aliphatic hydroxyl groups is 1. The van der Waals surface area contributed by atoms with E-state index in [0.717, 1.165) is 18.4 Å². The Kier molecular flexibility index (Phi) is 5.79. The number of aryl methyl sites for hydroxylation is 1. The maximum atomic E-state index is 12.8. The van der Waals surface area contributed by atoms with Gasteiger partial charge in [-0.25, -0.2) is 0 Å². The normalized spacial score (nSPS) is 18.7. The number of likely N-dealkylation sites (tertiary alicyclic amines) is 1. The topological polar surface area (TPSA) is 80.0 Å². The monoisotopic (exact) mass is 403 g/mol. The molecule has 1 unspecified atom stereocenters. The van der Waals surface area contributed by atoms with Gasteiger partial charge in [0, 0.05) is 6.54 Å². The number of unbranched alkanes of at least 4 members (excludes halogenated alkanes) is 1. The minimum atomic E-state index is -0.800. The van der Waals surface area contributed by atoms with Gasteiger partial charge in [0.2, 0.25) is 0 Å². The number of carbonyl (C=O) groups excluding carboxylic acids is 2. The zero-order valence-corrected chi connectivity index (χ0v) is 16.7. The minimum absolute atomic E-state index is 0.0315. The molecule has 6 nitrogen and oxygen atoms in total. The van der Waals surface area contributed by atoms with Crippen LogP contribution in [-0.2, 0) is 9.59 Å². The molecule has 0 bridgehead atoms. The minimum Gasteiger partial charge on any atom is -0.507 e. The van der Waals surface area contributed by atoms with E-state index in [0.29, 0.717) is 17.3 Å². The van der Waals surface area contributed by atoms with Crippen LogP contribution in [-0.4, -0.2) is 35.4 Å². The van der Waals surface area contributed by atoms with E-state index in [1.165, 1.54) is 18.3 Å². The Morgan fingerprint density at radius 1 is 1.36 bits per heavy atom. The van der Waals surface area contributed by atoms with Crippen LogP contribution in [0, 0.1) is 6.92 Å². The highest BCUT2D eigenvalue weighted by Gasteiger charge is 2.47. The fraction of sp³-hybridized carbons (Fsp3) is 0.333. The van der Waals surface area contributed by atoms with Crippen molar-refractivity contribution in [3.05, 3.63) is 58.0 Å². The Morgan fingerprint density at radius 3 is 2.71 bits per heavy atom. The van der Waals surface area contributed by atoms with E-state index in [4.69, 9.17) is 20.8 Å². The number of benzene rings is 1. The number of hydrogen-bond acceptors (Lipinski definition) is 5. The summed E-state index contributed by atoms with van der Waals surface area (Å²) in [6.45, 7) is 4.19. The summed E-state index contributed by atoms with van der Waals surface area (Å²) in [5.74, 6) is -1.10. The number of hydrogen-bond donors (Lipinski definition) is 1. The first-order valence-corrected chi connectivity index (χ1v) is 9.44. The van der Waals surface area contributed by atoms with Crippen LogP contribution in [0.2, 0.25) is 5.02 Å². The third-order valence-electron chi connectivity index (χ3n) is 4.75. The number of rotatable bonds is 6. The smallest absolute Gasteiger partial charge is 0.295 e. The Labute approximate surface area is 168 Å². The molecule has 1 fully saturated rings. The summed E-state index contributed by atoms with van der Waals surface area (Å²) in [7, 11) is 1.43. The number of ether oxygens (including phenoxy) is 1. The van der Waals surface area contributed by atoms with Crippen molar-refractivity contribution < 1.29 is 23.8 Å². The fourth-order valence-corrected chi connectivity index (χ4v) is 3.79. The van der Waals surface area contributed by atoms with Crippen molar-refractivity contribution in [1.29, 1.82) is 0 Å². The molecule has 1 aliphatic heterocycles. The van der Waals surface area contributed by atoms with E-state index < -0.39 is 17.7 Å². The third kappa shape index (κ3) is 3.40. The number of methoxy groups -OCH3 is 1. The van der Waals surface area contributed by atoms with Gasteiger partial charge in [-0.05, 0) is 43.2 Å². The van der Waals surface area contributed by atoms with Gasteiger partial charge in [0.05, 0.1) is 29.5 Å². The fourth-order valence-electron chi connectivity index (χ4n) is 3.44. The second kappa shape index (κ2) is 8.10. The van der Waals surface area contributed by atoms with Crippen LogP contribution >= 0.6 is 11.6 Å². The predicted octanol–water partition coefficient (Wildman–Crippen LogP) is 4.47. The highest BCUT2D eigenvalue weighted by molar-refractivity contribution is 6.46. The van der Waals surface area contributed by atoms with Crippen molar-refractivity contribution in [2.45, 2.75) is 32.7 Å². The van der Waals surface area contributed by atoms with Crippen LogP contribution in [0.1, 0.15) is 42.7 Å². The van der Waals surface area contributed by atoms with Gasteiger partial charge in [-0.1, -0.05) is 24.9 Å². The van der Waals surface area contributed by atoms with Gasteiger partial charge in [0.15, 0.2) is 0 Å². The van der Waals surface area contributed by atoms with Gasteiger partial charge in [0.1, 0.15) is 23.3 Å². The van der Waals surface area contributed by atoms with Crippen molar-refractivity contribution >= 4 is 29.1 Å². The summed E-state index contributed by atoms with van der Waals surface area (Å²) in [6, 6.07) is 5.92. The molecular formula is C21H22ClNO5. The summed E-state index contributed by atoms with van der Waals surface area (Å²) < 4.78 is 10.8.